The number of hydrogen-bond acceptors (Lipinski definition) is 5. The van der Waals surface area contributed by atoms with Gasteiger partial charge in [0.1, 0.15) is 23.2 Å². The predicted octanol–water partition coefficient (Wildman–Crippen LogP) is 5.14. The molecule has 1 saturated heterocycles. The zero-order valence-corrected chi connectivity index (χ0v) is 20.6. The van der Waals surface area contributed by atoms with Gasteiger partial charge in [0.15, 0.2) is 0 Å². The first-order chi connectivity index (χ1) is 17.9. The fraction of sp³-hybridized carbons (Fsp3) is 0.286. The lowest BCUT2D eigenvalue weighted by atomic mass is 9.95. The number of nitriles is 1. The molecule has 0 aliphatic carbocycles. The Hall–Kier alpha value is -4.16. The van der Waals surface area contributed by atoms with E-state index in [1.807, 2.05) is 6.07 Å². The maximum atomic E-state index is 15.8. The number of piperidine rings is 1. The van der Waals surface area contributed by atoms with Crippen molar-refractivity contribution in [3.63, 3.8) is 0 Å². The largest absolute Gasteiger partial charge is 0.329 e. The third kappa shape index (κ3) is 3.94. The van der Waals surface area contributed by atoms with E-state index in [9.17, 15) is 9.65 Å². The number of halogens is 2. The molecule has 9 heteroatoms. The first-order valence-electron chi connectivity index (χ1n) is 12.3. The maximum absolute atomic E-state index is 15.8. The number of pyridine rings is 1. The lowest BCUT2D eigenvalue weighted by Gasteiger charge is -2.29. The Morgan fingerprint density at radius 2 is 1.84 bits per heavy atom. The van der Waals surface area contributed by atoms with Crippen LogP contribution in [0.5, 0.6) is 0 Å². The van der Waals surface area contributed by atoms with Gasteiger partial charge in [-0.15, -0.1) is 0 Å². The highest BCUT2D eigenvalue weighted by molar-refractivity contribution is 6.00. The highest BCUT2D eigenvalue weighted by Gasteiger charge is 2.23. The summed E-state index contributed by atoms with van der Waals surface area (Å²) < 4.78 is 34.2. The number of hydrogen-bond donors (Lipinski definition) is 0. The van der Waals surface area contributed by atoms with E-state index in [0.29, 0.717) is 39.2 Å². The van der Waals surface area contributed by atoms with Gasteiger partial charge in [-0.05, 0) is 68.7 Å². The number of nitrogens with zero attached hydrogens (tertiary/aromatic N) is 7. The molecule has 2 aromatic carbocycles. The fourth-order valence-corrected chi connectivity index (χ4v) is 5.31. The van der Waals surface area contributed by atoms with Crippen molar-refractivity contribution in [2.75, 3.05) is 20.1 Å². The van der Waals surface area contributed by atoms with Gasteiger partial charge in [0.2, 0.25) is 0 Å². The predicted molar refractivity (Wildman–Crippen MR) is 138 cm³/mol. The average molecular weight is 498 g/mol. The summed E-state index contributed by atoms with van der Waals surface area (Å²) in [6, 6.07) is 9.73. The van der Waals surface area contributed by atoms with Gasteiger partial charge in [-0.3, -0.25) is 9.67 Å². The molecule has 37 heavy (non-hydrogen) atoms. The van der Waals surface area contributed by atoms with E-state index < -0.39 is 11.6 Å². The molecule has 0 unspecified atom stereocenters. The van der Waals surface area contributed by atoms with Gasteiger partial charge in [0.05, 0.1) is 46.4 Å². The summed E-state index contributed by atoms with van der Waals surface area (Å²) >= 11 is 0. The van der Waals surface area contributed by atoms with E-state index in [1.165, 1.54) is 18.3 Å². The zero-order chi connectivity index (χ0) is 25.7. The summed E-state index contributed by atoms with van der Waals surface area (Å²) in [5, 5.41) is 13.8. The third-order valence-corrected chi connectivity index (χ3v) is 7.46. The Morgan fingerprint density at radius 3 is 2.59 bits per heavy atom. The van der Waals surface area contributed by atoms with Crippen molar-refractivity contribution in [2.24, 2.45) is 13.0 Å². The van der Waals surface area contributed by atoms with Crippen LogP contribution >= 0.6 is 0 Å². The topological polar surface area (TPSA) is 75.6 Å². The van der Waals surface area contributed by atoms with Crippen LogP contribution in [0.25, 0.3) is 44.3 Å². The summed E-state index contributed by atoms with van der Waals surface area (Å²) in [6.45, 7) is 2.93. The minimum Gasteiger partial charge on any atom is -0.329 e. The number of aryl methyl sites for hydroxylation is 1. The van der Waals surface area contributed by atoms with Gasteiger partial charge in [0, 0.05) is 24.7 Å². The Kier molecular flexibility index (Phi) is 5.69. The molecule has 1 aliphatic rings. The number of aromatic nitrogens is 5. The second-order valence-electron chi connectivity index (χ2n) is 9.79. The average Bonchev–Trinajstić information content (AvgIpc) is 3.49. The van der Waals surface area contributed by atoms with Crippen molar-refractivity contribution in [3.8, 4) is 28.5 Å². The van der Waals surface area contributed by atoms with Gasteiger partial charge in [-0.2, -0.15) is 10.4 Å². The van der Waals surface area contributed by atoms with Crippen LogP contribution in [-0.2, 0) is 13.6 Å². The second kappa shape index (κ2) is 9.05. The molecule has 6 rings (SSSR count). The van der Waals surface area contributed by atoms with Crippen LogP contribution in [-0.4, -0.2) is 49.4 Å². The van der Waals surface area contributed by atoms with E-state index in [2.05, 4.69) is 21.6 Å². The van der Waals surface area contributed by atoms with Gasteiger partial charge in [-0.1, -0.05) is 6.07 Å². The minimum absolute atomic E-state index is 0.0545. The maximum Gasteiger partial charge on any atom is 0.143 e. The van der Waals surface area contributed by atoms with E-state index in [0.717, 1.165) is 38.0 Å². The highest BCUT2D eigenvalue weighted by Crippen LogP contribution is 2.39. The van der Waals surface area contributed by atoms with Crippen molar-refractivity contribution in [3.05, 3.63) is 66.3 Å². The summed E-state index contributed by atoms with van der Waals surface area (Å²) in [4.78, 5) is 11.8. The molecule has 0 radical (unpaired) electrons. The summed E-state index contributed by atoms with van der Waals surface area (Å²) in [7, 11) is 3.90. The fourth-order valence-electron chi connectivity index (χ4n) is 5.31. The molecule has 1 aliphatic heterocycles. The van der Waals surface area contributed by atoms with Crippen molar-refractivity contribution in [1.29, 1.82) is 5.26 Å². The summed E-state index contributed by atoms with van der Waals surface area (Å²) in [5.74, 6) is -0.565. The molecule has 186 valence electrons. The van der Waals surface area contributed by atoms with Crippen molar-refractivity contribution < 1.29 is 8.78 Å². The highest BCUT2D eigenvalue weighted by atomic mass is 19.1. The molecule has 1 fully saturated rings. The van der Waals surface area contributed by atoms with Crippen LogP contribution in [0.1, 0.15) is 18.4 Å². The minimum atomic E-state index is -0.642. The molecular weight excluding hydrogens is 472 g/mol. The molecular formula is C28H25F2N7. The SMILES string of the molecule is CN1CCC(Cn2cnc3c(-c4ccc(C#N)c(F)c4)c(-c4ccc5c(cnn5C)c4F)ncc32)CC1. The molecule has 0 N–H and O–H groups in total. The molecule has 0 saturated carbocycles. The Balaban J connectivity index is 1.54. The van der Waals surface area contributed by atoms with Crippen LogP contribution in [0.4, 0.5) is 8.78 Å². The van der Waals surface area contributed by atoms with E-state index in [-0.39, 0.29) is 11.1 Å². The van der Waals surface area contributed by atoms with Gasteiger partial charge in [0.25, 0.3) is 0 Å². The lowest BCUT2D eigenvalue weighted by Crippen LogP contribution is -2.31. The zero-order valence-electron chi connectivity index (χ0n) is 20.6. The molecule has 0 atom stereocenters. The number of imidazole rings is 1. The number of benzene rings is 2. The van der Waals surface area contributed by atoms with Crippen LogP contribution in [0.3, 0.4) is 0 Å². The summed E-state index contributed by atoms with van der Waals surface area (Å²) in [6.07, 6.45) is 7.21. The molecule has 4 heterocycles. The van der Waals surface area contributed by atoms with Gasteiger partial charge >= 0.3 is 0 Å². The third-order valence-electron chi connectivity index (χ3n) is 7.46. The van der Waals surface area contributed by atoms with Gasteiger partial charge in [-0.25, -0.2) is 13.8 Å². The molecule has 0 bridgehead atoms. The molecule has 0 amide bonds. The lowest BCUT2D eigenvalue weighted by molar-refractivity contribution is 0.206. The molecule has 0 spiro atoms. The Morgan fingerprint density at radius 1 is 1.03 bits per heavy atom. The van der Waals surface area contributed by atoms with Crippen molar-refractivity contribution in [1.82, 2.24) is 29.2 Å². The van der Waals surface area contributed by atoms with E-state index in [1.54, 1.807) is 42.5 Å². The number of rotatable bonds is 4. The Labute approximate surface area is 212 Å². The standard InChI is InChI=1S/C28H25F2N7/c1-35-9-7-17(8-10-35)15-37-16-33-28-24(37)14-32-27(25(28)18-3-4-19(12-31)22(29)11-18)20-5-6-23-21(26(20)30)13-34-36(23)2/h3-6,11,13-14,16-17H,7-10,15H2,1-2H3. The molecule has 3 aromatic heterocycles. The van der Waals surface area contributed by atoms with Crippen molar-refractivity contribution in [2.45, 2.75) is 19.4 Å². The molecule has 7 nitrogen and oxygen atoms in total. The van der Waals surface area contributed by atoms with Crippen LogP contribution in [0.15, 0.2) is 49.1 Å². The van der Waals surface area contributed by atoms with Crippen LogP contribution in [0.2, 0.25) is 0 Å². The second-order valence-corrected chi connectivity index (χ2v) is 9.79. The first-order valence-corrected chi connectivity index (χ1v) is 12.3. The van der Waals surface area contributed by atoms with Gasteiger partial charge < -0.3 is 9.47 Å². The van der Waals surface area contributed by atoms with E-state index in [4.69, 9.17) is 9.97 Å². The van der Waals surface area contributed by atoms with Crippen molar-refractivity contribution >= 4 is 21.9 Å². The van der Waals surface area contributed by atoms with Crippen LogP contribution < -0.4 is 0 Å². The number of likely N-dealkylation sites (tertiary alicyclic amines) is 1. The quantitative estimate of drug-likeness (QED) is 0.344. The first kappa shape index (κ1) is 23.3. The normalized spacial score (nSPS) is 15.0. The summed E-state index contributed by atoms with van der Waals surface area (Å²) in [5.41, 5.74) is 3.70. The van der Waals surface area contributed by atoms with E-state index >= 15 is 4.39 Å². The smallest absolute Gasteiger partial charge is 0.143 e. The monoisotopic (exact) mass is 497 g/mol. The Bertz CT molecular complexity index is 1690. The molecule has 5 aromatic rings. The van der Waals surface area contributed by atoms with Crippen LogP contribution in [0, 0.1) is 28.9 Å². The number of fused-ring (bicyclic) bond motifs is 2.